The number of aliphatic hydroxyl groups is 1. The van der Waals surface area contributed by atoms with Gasteiger partial charge in [0.25, 0.3) is 0 Å². The fourth-order valence-electron chi connectivity index (χ4n) is 2.27. The summed E-state index contributed by atoms with van der Waals surface area (Å²) in [4.78, 5) is 11.8. The standard InChI is InChI=1S/C15H31NO2/c1-7-15(18,8-2)11-16-13(17)9-12(3)10-14(4,5)6/h12,18H,7-11H2,1-6H3,(H,16,17). The third kappa shape index (κ3) is 7.70. The lowest BCUT2D eigenvalue weighted by Gasteiger charge is -2.26. The Morgan fingerprint density at radius 2 is 1.72 bits per heavy atom. The van der Waals surface area contributed by atoms with Crippen LogP contribution < -0.4 is 5.32 Å². The summed E-state index contributed by atoms with van der Waals surface area (Å²) in [6.07, 6.45) is 2.91. The van der Waals surface area contributed by atoms with Gasteiger partial charge in [0.1, 0.15) is 0 Å². The molecule has 0 spiro atoms. The number of carbonyl (C=O) groups excluding carboxylic acids is 1. The first-order valence-corrected chi connectivity index (χ1v) is 7.11. The van der Waals surface area contributed by atoms with Gasteiger partial charge in [0.05, 0.1) is 5.60 Å². The molecule has 1 atom stereocenters. The van der Waals surface area contributed by atoms with Crippen LogP contribution in [0, 0.1) is 11.3 Å². The van der Waals surface area contributed by atoms with Crippen molar-refractivity contribution < 1.29 is 9.90 Å². The summed E-state index contributed by atoms with van der Waals surface area (Å²) >= 11 is 0. The van der Waals surface area contributed by atoms with Gasteiger partial charge in [-0.05, 0) is 30.6 Å². The summed E-state index contributed by atoms with van der Waals surface area (Å²) in [7, 11) is 0. The van der Waals surface area contributed by atoms with E-state index in [-0.39, 0.29) is 11.3 Å². The van der Waals surface area contributed by atoms with Crippen LogP contribution in [0.2, 0.25) is 0 Å². The minimum atomic E-state index is -0.747. The Morgan fingerprint density at radius 1 is 1.22 bits per heavy atom. The highest BCUT2D eigenvalue weighted by Gasteiger charge is 2.23. The number of hydrogen-bond donors (Lipinski definition) is 2. The molecule has 0 saturated heterocycles. The fourth-order valence-corrected chi connectivity index (χ4v) is 2.27. The van der Waals surface area contributed by atoms with Crippen molar-refractivity contribution in [3.8, 4) is 0 Å². The molecule has 0 aromatic heterocycles. The summed E-state index contributed by atoms with van der Waals surface area (Å²) in [6.45, 7) is 12.9. The largest absolute Gasteiger partial charge is 0.388 e. The van der Waals surface area contributed by atoms with Gasteiger partial charge in [-0.2, -0.15) is 0 Å². The van der Waals surface area contributed by atoms with E-state index in [4.69, 9.17) is 0 Å². The van der Waals surface area contributed by atoms with Gasteiger partial charge in [-0.3, -0.25) is 4.79 Å². The van der Waals surface area contributed by atoms with Crippen molar-refractivity contribution in [2.24, 2.45) is 11.3 Å². The average molecular weight is 257 g/mol. The normalized spacial score (nSPS) is 14.4. The molecule has 1 amide bonds. The number of amides is 1. The van der Waals surface area contributed by atoms with E-state index in [1.54, 1.807) is 0 Å². The number of hydrogen-bond acceptors (Lipinski definition) is 2. The summed E-state index contributed by atoms with van der Waals surface area (Å²) in [5.74, 6) is 0.424. The van der Waals surface area contributed by atoms with E-state index in [9.17, 15) is 9.90 Å². The topological polar surface area (TPSA) is 49.3 Å². The van der Waals surface area contributed by atoms with Gasteiger partial charge in [0, 0.05) is 13.0 Å². The lowest BCUT2D eigenvalue weighted by Crippen LogP contribution is -2.42. The first-order chi connectivity index (χ1) is 8.12. The molecule has 0 saturated carbocycles. The highest BCUT2D eigenvalue weighted by Crippen LogP contribution is 2.25. The lowest BCUT2D eigenvalue weighted by atomic mass is 9.84. The quantitative estimate of drug-likeness (QED) is 0.736. The highest BCUT2D eigenvalue weighted by molar-refractivity contribution is 5.76. The van der Waals surface area contributed by atoms with Gasteiger partial charge in [0.2, 0.25) is 5.91 Å². The van der Waals surface area contributed by atoms with E-state index in [0.717, 1.165) is 6.42 Å². The van der Waals surface area contributed by atoms with E-state index in [1.807, 2.05) is 13.8 Å². The van der Waals surface area contributed by atoms with Crippen LogP contribution in [0.1, 0.15) is 67.2 Å². The molecule has 0 aromatic rings. The summed E-state index contributed by atoms with van der Waals surface area (Å²) in [6, 6.07) is 0. The molecule has 0 aliphatic heterocycles. The summed E-state index contributed by atoms with van der Waals surface area (Å²) < 4.78 is 0. The van der Waals surface area contributed by atoms with Crippen LogP contribution in [0.3, 0.4) is 0 Å². The molecule has 2 N–H and O–H groups in total. The predicted molar refractivity (Wildman–Crippen MR) is 76.4 cm³/mol. The Morgan fingerprint density at radius 3 is 2.11 bits per heavy atom. The molecule has 0 radical (unpaired) electrons. The maximum Gasteiger partial charge on any atom is 0.220 e. The minimum absolute atomic E-state index is 0.0482. The molecule has 0 rings (SSSR count). The third-order valence-electron chi connectivity index (χ3n) is 3.43. The Bertz CT molecular complexity index is 252. The highest BCUT2D eigenvalue weighted by atomic mass is 16.3. The van der Waals surface area contributed by atoms with Gasteiger partial charge in [-0.15, -0.1) is 0 Å². The van der Waals surface area contributed by atoms with Crippen molar-refractivity contribution in [3.05, 3.63) is 0 Å². The molecule has 0 aliphatic carbocycles. The van der Waals surface area contributed by atoms with Gasteiger partial charge in [0.15, 0.2) is 0 Å². The maximum atomic E-state index is 11.8. The number of rotatable bonds is 7. The van der Waals surface area contributed by atoms with E-state index in [1.165, 1.54) is 0 Å². The second-order valence-electron chi connectivity index (χ2n) is 6.78. The average Bonchev–Trinajstić information content (AvgIpc) is 2.23. The molecule has 3 nitrogen and oxygen atoms in total. The van der Waals surface area contributed by atoms with Gasteiger partial charge in [-0.1, -0.05) is 41.5 Å². The first-order valence-electron chi connectivity index (χ1n) is 7.11. The van der Waals surface area contributed by atoms with Gasteiger partial charge < -0.3 is 10.4 Å². The molecular formula is C15H31NO2. The van der Waals surface area contributed by atoms with Crippen molar-refractivity contribution in [2.75, 3.05) is 6.54 Å². The molecule has 0 aliphatic rings. The summed E-state index contributed by atoms with van der Waals surface area (Å²) in [5.41, 5.74) is -0.490. The molecule has 3 heteroatoms. The van der Waals surface area contributed by atoms with Crippen LogP contribution >= 0.6 is 0 Å². The maximum absolute atomic E-state index is 11.8. The van der Waals surface area contributed by atoms with Crippen LogP contribution in [-0.4, -0.2) is 23.2 Å². The van der Waals surface area contributed by atoms with Crippen molar-refractivity contribution in [1.29, 1.82) is 0 Å². The Labute approximate surface area is 112 Å². The van der Waals surface area contributed by atoms with E-state index in [2.05, 4.69) is 33.0 Å². The van der Waals surface area contributed by atoms with Crippen LogP contribution in [0.5, 0.6) is 0 Å². The smallest absolute Gasteiger partial charge is 0.220 e. The van der Waals surface area contributed by atoms with Crippen LogP contribution in [0.4, 0.5) is 0 Å². The lowest BCUT2D eigenvalue weighted by molar-refractivity contribution is -0.123. The molecule has 0 aromatic carbocycles. The molecule has 0 fully saturated rings. The molecule has 108 valence electrons. The third-order valence-corrected chi connectivity index (χ3v) is 3.43. The summed E-state index contributed by atoms with van der Waals surface area (Å²) in [5, 5.41) is 12.9. The van der Waals surface area contributed by atoms with Crippen LogP contribution in [0.15, 0.2) is 0 Å². The molecule has 0 bridgehead atoms. The molecule has 0 heterocycles. The molecule has 1 unspecified atom stereocenters. The first kappa shape index (κ1) is 17.4. The Kier molecular flexibility index (Phi) is 6.90. The zero-order chi connectivity index (χ0) is 14.4. The van der Waals surface area contributed by atoms with Crippen LogP contribution in [0.25, 0.3) is 0 Å². The Hall–Kier alpha value is -0.570. The zero-order valence-electron chi connectivity index (χ0n) is 13.0. The molecular weight excluding hydrogens is 226 g/mol. The minimum Gasteiger partial charge on any atom is -0.388 e. The van der Waals surface area contributed by atoms with E-state index < -0.39 is 5.60 Å². The number of carbonyl (C=O) groups is 1. The fraction of sp³-hybridized carbons (Fsp3) is 0.933. The van der Waals surface area contributed by atoms with Crippen molar-refractivity contribution in [1.82, 2.24) is 5.32 Å². The van der Waals surface area contributed by atoms with E-state index >= 15 is 0 Å². The van der Waals surface area contributed by atoms with Gasteiger partial charge in [-0.25, -0.2) is 0 Å². The predicted octanol–water partition coefficient (Wildman–Crippen LogP) is 3.12. The number of nitrogens with one attached hydrogen (secondary N) is 1. The van der Waals surface area contributed by atoms with Crippen molar-refractivity contribution in [2.45, 2.75) is 72.8 Å². The van der Waals surface area contributed by atoms with Crippen molar-refractivity contribution in [3.63, 3.8) is 0 Å². The monoisotopic (exact) mass is 257 g/mol. The SMILES string of the molecule is CCC(O)(CC)CNC(=O)CC(C)CC(C)(C)C. The molecule has 18 heavy (non-hydrogen) atoms. The second-order valence-corrected chi connectivity index (χ2v) is 6.78. The van der Waals surface area contributed by atoms with Crippen molar-refractivity contribution >= 4 is 5.91 Å². The zero-order valence-corrected chi connectivity index (χ0v) is 13.0. The Balaban J connectivity index is 4.05. The second kappa shape index (κ2) is 7.13. The van der Waals surface area contributed by atoms with Gasteiger partial charge >= 0.3 is 0 Å². The van der Waals surface area contributed by atoms with E-state index in [0.29, 0.717) is 31.7 Å². The van der Waals surface area contributed by atoms with Crippen LogP contribution in [-0.2, 0) is 4.79 Å².